The second-order valence-corrected chi connectivity index (χ2v) is 7.95. The number of aryl methyl sites for hydroxylation is 2. The normalized spacial score (nSPS) is 10.8. The van der Waals surface area contributed by atoms with E-state index in [1.807, 2.05) is 73.7 Å². The molecule has 0 aliphatic heterocycles. The van der Waals surface area contributed by atoms with Crippen LogP contribution in [-0.4, -0.2) is 29.2 Å². The van der Waals surface area contributed by atoms with Crippen LogP contribution in [0.2, 0.25) is 0 Å². The van der Waals surface area contributed by atoms with Gasteiger partial charge in [-0.15, -0.1) is 0 Å². The Morgan fingerprint density at radius 2 is 1.67 bits per heavy atom. The van der Waals surface area contributed by atoms with Crippen molar-refractivity contribution < 1.29 is 14.3 Å². The maximum atomic E-state index is 12.6. The standard InChI is InChI=1S/C27H29N3O3/c1-20-9-11-21(12-10-20)27(31)28-19-26-29-24-7-3-4-8-25(24)30(26)17-5-6-18-33-23-15-13-22(32-2)14-16-23/h3-4,7-16H,5-6,17-19H2,1-2H3,(H,28,31). The van der Waals surface area contributed by atoms with E-state index in [0.29, 0.717) is 18.7 Å². The zero-order valence-electron chi connectivity index (χ0n) is 19.1. The SMILES string of the molecule is COc1ccc(OCCCCn2c(CNC(=O)c3ccc(C)cc3)nc3ccccc32)cc1. The molecule has 0 atom stereocenters. The maximum absolute atomic E-state index is 12.6. The van der Waals surface area contributed by atoms with Crippen molar-refractivity contribution >= 4 is 16.9 Å². The number of amides is 1. The first-order chi connectivity index (χ1) is 16.1. The van der Waals surface area contributed by atoms with Gasteiger partial charge in [0.25, 0.3) is 5.91 Å². The smallest absolute Gasteiger partial charge is 0.251 e. The van der Waals surface area contributed by atoms with E-state index >= 15 is 0 Å². The quantitative estimate of drug-likeness (QED) is 0.345. The van der Waals surface area contributed by atoms with E-state index in [-0.39, 0.29) is 5.91 Å². The molecule has 6 nitrogen and oxygen atoms in total. The van der Waals surface area contributed by atoms with Crippen LogP contribution in [0, 0.1) is 6.92 Å². The Labute approximate surface area is 194 Å². The Kier molecular flexibility index (Phi) is 7.25. The highest BCUT2D eigenvalue weighted by Crippen LogP contribution is 2.19. The van der Waals surface area contributed by atoms with Crippen molar-refractivity contribution in [3.8, 4) is 11.5 Å². The van der Waals surface area contributed by atoms with Crippen LogP contribution in [0.25, 0.3) is 11.0 Å². The Hall–Kier alpha value is -3.80. The zero-order valence-corrected chi connectivity index (χ0v) is 19.1. The molecule has 0 aliphatic rings. The topological polar surface area (TPSA) is 65.4 Å². The van der Waals surface area contributed by atoms with Gasteiger partial charge < -0.3 is 19.4 Å². The van der Waals surface area contributed by atoms with Gasteiger partial charge >= 0.3 is 0 Å². The van der Waals surface area contributed by atoms with Crippen LogP contribution in [0.1, 0.15) is 34.6 Å². The van der Waals surface area contributed by atoms with E-state index in [2.05, 4.69) is 16.0 Å². The molecule has 0 fully saturated rings. The number of imidazole rings is 1. The van der Waals surface area contributed by atoms with Crippen LogP contribution >= 0.6 is 0 Å². The summed E-state index contributed by atoms with van der Waals surface area (Å²) in [6.45, 7) is 3.83. The van der Waals surface area contributed by atoms with Gasteiger partial charge in [-0.05, 0) is 68.3 Å². The summed E-state index contributed by atoms with van der Waals surface area (Å²) < 4.78 is 13.2. The number of methoxy groups -OCH3 is 1. The summed E-state index contributed by atoms with van der Waals surface area (Å²) in [4.78, 5) is 17.3. The van der Waals surface area contributed by atoms with Crippen molar-refractivity contribution in [3.05, 3.63) is 89.7 Å². The monoisotopic (exact) mass is 443 g/mol. The van der Waals surface area contributed by atoms with Crippen LogP contribution in [0.5, 0.6) is 11.5 Å². The minimum atomic E-state index is -0.0958. The molecule has 3 aromatic carbocycles. The average Bonchev–Trinajstić information content (AvgIpc) is 3.20. The zero-order chi connectivity index (χ0) is 23.0. The molecule has 0 saturated heterocycles. The molecule has 33 heavy (non-hydrogen) atoms. The number of fused-ring (bicyclic) bond motifs is 1. The lowest BCUT2D eigenvalue weighted by molar-refractivity contribution is 0.0949. The summed E-state index contributed by atoms with van der Waals surface area (Å²) in [6.07, 6.45) is 1.85. The molecule has 1 aromatic heterocycles. The fraction of sp³-hybridized carbons (Fsp3) is 0.259. The van der Waals surface area contributed by atoms with Crippen molar-refractivity contribution in [1.82, 2.24) is 14.9 Å². The van der Waals surface area contributed by atoms with Gasteiger partial charge in [0.15, 0.2) is 0 Å². The highest BCUT2D eigenvalue weighted by molar-refractivity contribution is 5.94. The number of ether oxygens (including phenoxy) is 2. The van der Waals surface area contributed by atoms with Gasteiger partial charge in [0.2, 0.25) is 0 Å². The maximum Gasteiger partial charge on any atom is 0.251 e. The van der Waals surface area contributed by atoms with Crippen molar-refractivity contribution in [2.24, 2.45) is 0 Å². The summed E-state index contributed by atoms with van der Waals surface area (Å²) in [7, 11) is 1.65. The van der Waals surface area contributed by atoms with E-state index in [1.165, 1.54) is 0 Å². The number of hydrogen-bond acceptors (Lipinski definition) is 4. The van der Waals surface area contributed by atoms with Crippen LogP contribution in [0.4, 0.5) is 0 Å². The third-order valence-corrected chi connectivity index (χ3v) is 5.56. The molecule has 0 bridgehead atoms. The first-order valence-electron chi connectivity index (χ1n) is 11.2. The first kappa shape index (κ1) is 22.4. The van der Waals surface area contributed by atoms with E-state index < -0.39 is 0 Å². The summed E-state index contributed by atoms with van der Waals surface area (Å²) >= 11 is 0. The third-order valence-electron chi connectivity index (χ3n) is 5.56. The molecule has 1 heterocycles. The molecule has 0 radical (unpaired) electrons. The largest absolute Gasteiger partial charge is 0.497 e. The number of aromatic nitrogens is 2. The molecular weight excluding hydrogens is 414 g/mol. The number of rotatable bonds is 10. The number of carbonyl (C=O) groups excluding carboxylic acids is 1. The summed E-state index contributed by atoms with van der Waals surface area (Å²) in [5, 5.41) is 3.01. The van der Waals surface area contributed by atoms with Crippen molar-refractivity contribution in [2.75, 3.05) is 13.7 Å². The Bertz CT molecular complexity index is 1200. The molecule has 0 unspecified atom stereocenters. The molecule has 0 saturated carbocycles. The number of hydrogen-bond donors (Lipinski definition) is 1. The molecular formula is C27H29N3O3. The first-order valence-corrected chi connectivity index (χ1v) is 11.2. The van der Waals surface area contributed by atoms with Crippen molar-refractivity contribution in [3.63, 3.8) is 0 Å². The van der Waals surface area contributed by atoms with E-state index in [0.717, 1.165) is 53.3 Å². The molecule has 1 N–H and O–H groups in total. The molecule has 4 aromatic rings. The predicted molar refractivity (Wildman–Crippen MR) is 130 cm³/mol. The Morgan fingerprint density at radius 1 is 0.939 bits per heavy atom. The fourth-order valence-corrected chi connectivity index (χ4v) is 3.71. The molecule has 170 valence electrons. The highest BCUT2D eigenvalue weighted by atomic mass is 16.5. The molecule has 6 heteroatoms. The van der Waals surface area contributed by atoms with Gasteiger partial charge in [-0.3, -0.25) is 4.79 Å². The number of benzene rings is 3. The van der Waals surface area contributed by atoms with E-state index in [1.54, 1.807) is 7.11 Å². The van der Waals surface area contributed by atoms with Gasteiger partial charge in [-0.1, -0.05) is 29.8 Å². The minimum Gasteiger partial charge on any atom is -0.497 e. The molecule has 4 rings (SSSR count). The molecule has 0 aliphatic carbocycles. The van der Waals surface area contributed by atoms with Gasteiger partial charge in [-0.2, -0.15) is 0 Å². The van der Waals surface area contributed by atoms with Gasteiger partial charge in [0.1, 0.15) is 17.3 Å². The van der Waals surface area contributed by atoms with Crippen LogP contribution in [-0.2, 0) is 13.1 Å². The summed E-state index contributed by atoms with van der Waals surface area (Å²) in [5.41, 5.74) is 3.79. The minimum absolute atomic E-state index is 0.0958. The lowest BCUT2D eigenvalue weighted by atomic mass is 10.1. The van der Waals surface area contributed by atoms with E-state index in [4.69, 9.17) is 14.5 Å². The lowest BCUT2D eigenvalue weighted by Gasteiger charge is -2.11. The Balaban J connectivity index is 1.35. The van der Waals surface area contributed by atoms with Gasteiger partial charge in [0.05, 0.1) is 31.3 Å². The van der Waals surface area contributed by atoms with Crippen molar-refractivity contribution in [2.45, 2.75) is 32.9 Å². The second-order valence-electron chi connectivity index (χ2n) is 7.95. The highest BCUT2D eigenvalue weighted by Gasteiger charge is 2.12. The number of para-hydroxylation sites is 2. The summed E-state index contributed by atoms with van der Waals surface area (Å²) in [5.74, 6) is 2.41. The van der Waals surface area contributed by atoms with Gasteiger partial charge in [0, 0.05) is 12.1 Å². The number of nitrogens with one attached hydrogen (secondary N) is 1. The van der Waals surface area contributed by atoms with Gasteiger partial charge in [-0.25, -0.2) is 4.98 Å². The summed E-state index contributed by atoms with van der Waals surface area (Å²) in [6, 6.07) is 23.3. The number of nitrogens with zero attached hydrogens (tertiary/aromatic N) is 2. The van der Waals surface area contributed by atoms with E-state index in [9.17, 15) is 4.79 Å². The predicted octanol–water partition coefficient (Wildman–Crippen LogP) is 5.14. The number of carbonyl (C=O) groups is 1. The van der Waals surface area contributed by atoms with Crippen LogP contribution in [0.15, 0.2) is 72.8 Å². The van der Waals surface area contributed by atoms with Crippen molar-refractivity contribution in [1.29, 1.82) is 0 Å². The second kappa shape index (κ2) is 10.7. The third kappa shape index (κ3) is 5.71. The Morgan fingerprint density at radius 3 is 2.42 bits per heavy atom. The number of unbranched alkanes of at least 4 members (excludes halogenated alkanes) is 1. The van der Waals surface area contributed by atoms with Crippen LogP contribution in [0.3, 0.4) is 0 Å². The molecule has 0 spiro atoms. The fourth-order valence-electron chi connectivity index (χ4n) is 3.71. The lowest BCUT2D eigenvalue weighted by Crippen LogP contribution is -2.24. The van der Waals surface area contributed by atoms with Crippen LogP contribution < -0.4 is 14.8 Å². The molecule has 1 amide bonds. The average molecular weight is 444 g/mol.